The van der Waals surface area contributed by atoms with Gasteiger partial charge in [-0.2, -0.15) is 0 Å². The molecule has 0 spiro atoms. The van der Waals surface area contributed by atoms with Crippen molar-refractivity contribution in [1.82, 2.24) is 5.32 Å². The number of nitrogens with one attached hydrogen (secondary N) is 1. The Balaban J connectivity index is 0.00000363. The lowest BCUT2D eigenvalue weighted by Gasteiger charge is -2.26. The molecule has 1 aliphatic heterocycles. The van der Waals surface area contributed by atoms with Crippen LogP contribution in [0.1, 0.15) is 48.5 Å². The number of nitrogens with zero attached hydrogens (tertiary/aromatic N) is 1. The number of aryl methyl sites for hydroxylation is 1. The molecule has 32 heavy (non-hydrogen) atoms. The molecule has 0 fully saturated rings. The quantitative estimate of drug-likeness (QED) is 0.374. The van der Waals surface area contributed by atoms with E-state index < -0.39 is 0 Å². The number of carbonyl (C=O) groups excluding carboxylic acids is 2. The summed E-state index contributed by atoms with van der Waals surface area (Å²) in [4.78, 5) is 26.0. The van der Waals surface area contributed by atoms with E-state index in [0.29, 0.717) is 32.5 Å². The number of Topliss-reactive ketones (excluding diaryl/α,β-unsaturated/α-hetero) is 1. The zero-order valence-electron chi connectivity index (χ0n) is 18.9. The fourth-order valence-corrected chi connectivity index (χ4v) is 3.71. The molecule has 1 heterocycles. The Labute approximate surface area is 196 Å². The van der Waals surface area contributed by atoms with Crippen LogP contribution in [-0.2, 0) is 11.2 Å². The molecule has 1 aliphatic rings. The fraction of sp³-hybridized carbons (Fsp3) is 0.440. The summed E-state index contributed by atoms with van der Waals surface area (Å²) in [5.74, 6) is 1.82. The van der Waals surface area contributed by atoms with E-state index in [-0.39, 0.29) is 24.1 Å². The van der Waals surface area contributed by atoms with Crippen LogP contribution in [0, 0.1) is 0 Å². The van der Waals surface area contributed by atoms with E-state index in [2.05, 4.69) is 5.32 Å². The topological polar surface area (TPSA) is 67.9 Å². The Morgan fingerprint density at radius 3 is 2.53 bits per heavy atom. The van der Waals surface area contributed by atoms with Gasteiger partial charge in [-0.05, 0) is 68.6 Å². The van der Waals surface area contributed by atoms with Gasteiger partial charge in [-0.1, -0.05) is 12.1 Å². The van der Waals surface area contributed by atoms with Gasteiger partial charge < -0.3 is 19.7 Å². The summed E-state index contributed by atoms with van der Waals surface area (Å²) >= 11 is 0. The van der Waals surface area contributed by atoms with Gasteiger partial charge in [-0.15, -0.1) is 12.4 Å². The summed E-state index contributed by atoms with van der Waals surface area (Å²) in [5.41, 5.74) is 2.75. The van der Waals surface area contributed by atoms with Crippen LogP contribution in [-0.4, -0.2) is 45.0 Å². The van der Waals surface area contributed by atoms with Crippen molar-refractivity contribution < 1.29 is 19.1 Å². The summed E-state index contributed by atoms with van der Waals surface area (Å²) in [5, 5.41) is 3.36. The van der Waals surface area contributed by atoms with Crippen molar-refractivity contribution in [3.05, 3.63) is 53.6 Å². The number of unbranched alkanes of at least 4 members (excludes halogenated alkanes) is 1. The fourth-order valence-electron chi connectivity index (χ4n) is 3.71. The van der Waals surface area contributed by atoms with Crippen LogP contribution in [0.5, 0.6) is 11.5 Å². The van der Waals surface area contributed by atoms with E-state index in [1.54, 1.807) is 11.9 Å². The van der Waals surface area contributed by atoms with E-state index in [1.807, 2.05) is 49.4 Å². The number of ether oxygens (including phenoxy) is 2. The third-order valence-electron chi connectivity index (χ3n) is 5.44. The first kappa shape index (κ1) is 25.7. The molecule has 0 aromatic heterocycles. The molecule has 0 bridgehead atoms. The van der Waals surface area contributed by atoms with Crippen LogP contribution in [0.25, 0.3) is 0 Å². The second-order valence-electron chi connectivity index (χ2n) is 7.65. The van der Waals surface area contributed by atoms with E-state index in [0.717, 1.165) is 54.2 Å². The van der Waals surface area contributed by atoms with Crippen molar-refractivity contribution in [2.45, 2.75) is 39.0 Å². The average molecular weight is 461 g/mol. The molecule has 7 heteroatoms. The van der Waals surface area contributed by atoms with Gasteiger partial charge in [0.15, 0.2) is 17.3 Å². The summed E-state index contributed by atoms with van der Waals surface area (Å²) in [6.45, 7) is 4.72. The van der Waals surface area contributed by atoms with Gasteiger partial charge in [0.25, 0.3) is 0 Å². The molecule has 2 aromatic carbocycles. The molecule has 0 aliphatic carbocycles. The number of hydrogen-bond acceptors (Lipinski definition) is 5. The zero-order valence-corrected chi connectivity index (χ0v) is 19.7. The van der Waals surface area contributed by atoms with E-state index in [4.69, 9.17) is 9.47 Å². The summed E-state index contributed by atoms with van der Waals surface area (Å²) in [6.07, 6.45) is 3.53. The number of halogens is 1. The lowest BCUT2D eigenvalue weighted by atomic mass is 9.96. The van der Waals surface area contributed by atoms with Gasteiger partial charge in [0.05, 0.1) is 6.61 Å². The highest BCUT2D eigenvalue weighted by Crippen LogP contribution is 2.28. The SMILES string of the molecule is CCOc1ccccc1OCCNCCCCC(=O)c1ccc2c(c1)CCC(=O)N2C.Cl. The van der Waals surface area contributed by atoms with Crippen LogP contribution >= 0.6 is 12.4 Å². The van der Waals surface area contributed by atoms with Gasteiger partial charge in [-0.3, -0.25) is 9.59 Å². The molecule has 2 aromatic rings. The van der Waals surface area contributed by atoms with Crippen LogP contribution in [0.15, 0.2) is 42.5 Å². The second kappa shape index (κ2) is 13.1. The number of carbonyl (C=O) groups is 2. The Morgan fingerprint density at radius 2 is 1.78 bits per heavy atom. The molecule has 0 unspecified atom stereocenters. The summed E-state index contributed by atoms with van der Waals surface area (Å²) < 4.78 is 11.3. The monoisotopic (exact) mass is 460 g/mol. The Bertz CT molecular complexity index is 903. The number of fused-ring (bicyclic) bond motifs is 1. The van der Waals surface area contributed by atoms with Gasteiger partial charge in [0.2, 0.25) is 5.91 Å². The number of para-hydroxylation sites is 2. The zero-order chi connectivity index (χ0) is 22.1. The minimum absolute atomic E-state index is 0. The number of rotatable bonds is 12. The lowest BCUT2D eigenvalue weighted by Crippen LogP contribution is -2.31. The predicted molar refractivity (Wildman–Crippen MR) is 130 cm³/mol. The minimum Gasteiger partial charge on any atom is -0.490 e. The van der Waals surface area contributed by atoms with Gasteiger partial charge in [0.1, 0.15) is 6.61 Å². The first-order valence-electron chi connectivity index (χ1n) is 11.1. The second-order valence-corrected chi connectivity index (χ2v) is 7.65. The maximum absolute atomic E-state index is 12.5. The highest BCUT2D eigenvalue weighted by Gasteiger charge is 2.21. The largest absolute Gasteiger partial charge is 0.490 e. The Hall–Kier alpha value is -2.57. The minimum atomic E-state index is 0. The van der Waals surface area contributed by atoms with Crippen LogP contribution in [0.3, 0.4) is 0 Å². The van der Waals surface area contributed by atoms with Gasteiger partial charge >= 0.3 is 0 Å². The highest BCUT2D eigenvalue weighted by atomic mass is 35.5. The first-order valence-corrected chi connectivity index (χ1v) is 11.1. The number of amides is 1. The highest BCUT2D eigenvalue weighted by molar-refractivity contribution is 5.99. The summed E-state index contributed by atoms with van der Waals surface area (Å²) in [6, 6.07) is 13.4. The summed E-state index contributed by atoms with van der Waals surface area (Å²) in [7, 11) is 1.79. The molecule has 1 amide bonds. The molecule has 0 radical (unpaired) electrons. The van der Waals surface area contributed by atoms with Crippen molar-refractivity contribution in [2.24, 2.45) is 0 Å². The molecule has 0 saturated heterocycles. The number of anilines is 1. The predicted octanol–water partition coefficient (Wildman–Crippen LogP) is 4.44. The molecule has 0 saturated carbocycles. The van der Waals surface area contributed by atoms with E-state index in [1.165, 1.54) is 0 Å². The van der Waals surface area contributed by atoms with Crippen molar-refractivity contribution in [1.29, 1.82) is 0 Å². The van der Waals surface area contributed by atoms with Gasteiger partial charge in [0, 0.05) is 37.7 Å². The Kier molecular flexibility index (Phi) is 10.5. The van der Waals surface area contributed by atoms with E-state index >= 15 is 0 Å². The molecular formula is C25H33ClN2O4. The third-order valence-corrected chi connectivity index (χ3v) is 5.44. The van der Waals surface area contributed by atoms with Crippen LogP contribution in [0.2, 0.25) is 0 Å². The molecular weight excluding hydrogens is 428 g/mol. The lowest BCUT2D eigenvalue weighted by molar-refractivity contribution is -0.118. The maximum Gasteiger partial charge on any atom is 0.227 e. The number of benzene rings is 2. The van der Waals surface area contributed by atoms with Crippen LogP contribution < -0.4 is 19.7 Å². The molecule has 3 rings (SSSR count). The van der Waals surface area contributed by atoms with Crippen molar-refractivity contribution in [3.8, 4) is 11.5 Å². The number of hydrogen-bond donors (Lipinski definition) is 1. The van der Waals surface area contributed by atoms with Crippen molar-refractivity contribution in [2.75, 3.05) is 38.3 Å². The molecule has 6 nitrogen and oxygen atoms in total. The third kappa shape index (κ3) is 6.97. The van der Waals surface area contributed by atoms with Crippen molar-refractivity contribution in [3.63, 3.8) is 0 Å². The van der Waals surface area contributed by atoms with Gasteiger partial charge in [-0.25, -0.2) is 0 Å². The van der Waals surface area contributed by atoms with Crippen molar-refractivity contribution >= 4 is 29.8 Å². The standard InChI is InChI=1S/C25H32N2O4.ClH/c1-3-30-23-9-4-5-10-24(23)31-17-16-26-15-7-6-8-22(28)20-11-13-21-19(18-20)12-14-25(29)27(21)2;/h4-5,9-11,13,18,26H,3,6-8,12,14-17H2,1-2H3;1H. The van der Waals surface area contributed by atoms with E-state index in [9.17, 15) is 9.59 Å². The molecule has 0 atom stereocenters. The smallest absolute Gasteiger partial charge is 0.227 e. The molecule has 1 N–H and O–H groups in total. The normalized spacial score (nSPS) is 12.7. The average Bonchev–Trinajstić information content (AvgIpc) is 2.79. The first-order chi connectivity index (χ1) is 15.1. The maximum atomic E-state index is 12.5. The Morgan fingerprint density at radius 1 is 1.03 bits per heavy atom. The van der Waals surface area contributed by atoms with Crippen LogP contribution in [0.4, 0.5) is 5.69 Å². The molecule has 174 valence electrons. The number of ketones is 1.